The summed E-state index contributed by atoms with van der Waals surface area (Å²) in [7, 11) is 0. The Morgan fingerprint density at radius 3 is 2.83 bits per heavy atom. The molecule has 124 valence electrons. The van der Waals surface area contributed by atoms with E-state index in [2.05, 4.69) is 28.8 Å². The third-order valence-corrected chi connectivity index (χ3v) is 4.88. The fourth-order valence-corrected chi connectivity index (χ4v) is 3.90. The van der Waals surface area contributed by atoms with Crippen LogP contribution in [-0.4, -0.2) is 21.3 Å². The molecule has 6 heteroatoms. The smallest absolute Gasteiger partial charge is 0.132 e. The van der Waals surface area contributed by atoms with E-state index in [1.807, 2.05) is 23.7 Å². The Labute approximate surface area is 147 Å². The lowest BCUT2D eigenvalue weighted by Gasteiger charge is -2.27. The monoisotopic (exact) mass is 352 g/mol. The van der Waals surface area contributed by atoms with Crippen molar-refractivity contribution >= 4 is 28.9 Å². The van der Waals surface area contributed by atoms with E-state index in [9.17, 15) is 0 Å². The molecular formula is C17H22Cl2N4. The second kappa shape index (κ2) is 6.70. The first kappa shape index (κ1) is 16.6. The molecule has 0 radical (unpaired) electrons. The molecule has 0 N–H and O–H groups in total. The van der Waals surface area contributed by atoms with Gasteiger partial charge >= 0.3 is 0 Å². The highest BCUT2D eigenvalue weighted by Crippen LogP contribution is 2.40. The summed E-state index contributed by atoms with van der Waals surface area (Å²) in [5, 5.41) is 5.95. The van der Waals surface area contributed by atoms with Crippen molar-refractivity contribution in [3.63, 3.8) is 0 Å². The topological polar surface area (TPSA) is 34.0 Å². The number of rotatable bonds is 4. The van der Waals surface area contributed by atoms with Gasteiger partial charge in [0.1, 0.15) is 10.3 Å². The highest BCUT2D eigenvalue weighted by molar-refractivity contribution is 6.30. The van der Waals surface area contributed by atoms with E-state index in [4.69, 9.17) is 23.2 Å². The summed E-state index contributed by atoms with van der Waals surface area (Å²) in [6.45, 7) is 8.24. The van der Waals surface area contributed by atoms with Crippen molar-refractivity contribution in [1.29, 1.82) is 0 Å². The molecule has 0 aromatic carbocycles. The predicted octanol–water partition coefficient (Wildman–Crippen LogP) is 4.89. The number of pyridine rings is 1. The van der Waals surface area contributed by atoms with Gasteiger partial charge in [0, 0.05) is 30.5 Å². The summed E-state index contributed by atoms with van der Waals surface area (Å²) in [6.07, 6.45) is 3.97. The molecule has 2 aromatic rings. The van der Waals surface area contributed by atoms with Crippen molar-refractivity contribution in [1.82, 2.24) is 14.8 Å². The zero-order valence-corrected chi connectivity index (χ0v) is 15.3. The molecule has 1 fully saturated rings. The van der Waals surface area contributed by atoms with Crippen LogP contribution in [0.2, 0.25) is 10.3 Å². The summed E-state index contributed by atoms with van der Waals surface area (Å²) in [5.74, 6) is 0.512. The minimum absolute atomic E-state index is 0.252. The van der Waals surface area contributed by atoms with E-state index in [0.29, 0.717) is 11.1 Å². The molecule has 0 saturated carbocycles. The lowest BCUT2D eigenvalue weighted by Crippen LogP contribution is -2.23. The molecule has 4 nitrogen and oxygen atoms in total. The first-order valence-corrected chi connectivity index (χ1v) is 8.84. The number of nitrogens with zero attached hydrogens (tertiary/aromatic N) is 4. The van der Waals surface area contributed by atoms with Crippen LogP contribution in [0, 0.1) is 12.8 Å². The molecule has 0 spiro atoms. The number of anilines is 1. The Balaban J connectivity index is 1.96. The Morgan fingerprint density at radius 1 is 1.35 bits per heavy atom. The zero-order chi connectivity index (χ0) is 16.6. The Bertz CT molecular complexity index is 696. The molecule has 1 aliphatic rings. The van der Waals surface area contributed by atoms with Crippen LogP contribution in [0.5, 0.6) is 0 Å². The second-order valence-electron chi connectivity index (χ2n) is 6.55. The molecular weight excluding hydrogens is 331 g/mol. The molecule has 0 bridgehead atoms. The normalized spacial score (nSPS) is 18.2. The van der Waals surface area contributed by atoms with Crippen molar-refractivity contribution in [2.45, 2.75) is 46.2 Å². The minimum atomic E-state index is 0.252. The highest BCUT2D eigenvalue weighted by Gasteiger charge is 2.31. The summed E-state index contributed by atoms with van der Waals surface area (Å²) in [6, 6.07) is 4.18. The third-order valence-electron chi connectivity index (χ3n) is 4.28. The third kappa shape index (κ3) is 3.33. The number of hydrogen-bond donors (Lipinski definition) is 0. The summed E-state index contributed by atoms with van der Waals surface area (Å²) < 4.78 is 1.94. The molecule has 1 saturated heterocycles. The van der Waals surface area contributed by atoms with Gasteiger partial charge in [-0.05, 0) is 37.8 Å². The molecule has 0 amide bonds. The van der Waals surface area contributed by atoms with Crippen LogP contribution in [-0.2, 0) is 6.54 Å². The van der Waals surface area contributed by atoms with Crippen LogP contribution in [0.3, 0.4) is 0 Å². The van der Waals surface area contributed by atoms with E-state index in [1.165, 1.54) is 0 Å². The Kier molecular flexibility index (Phi) is 4.83. The number of aryl methyl sites for hydroxylation is 1. The lowest BCUT2D eigenvalue weighted by atomic mass is 10.1. The van der Waals surface area contributed by atoms with Gasteiger partial charge in [-0.1, -0.05) is 37.0 Å². The van der Waals surface area contributed by atoms with Crippen LogP contribution in [0.25, 0.3) is 0 Å². The van der Waals surface area contributed by atoms with Crippen molar-refractivity contribution < 1.29 is 0 Å². The molecule has 3 rings (SSSR count). The number of hydrogen-bond acceptors (Lipinski definition) is 3. The number of aromatic nitrogens is 3. The molecule has 0 aliphatic carbocycles. The van der Waals surface area contributed by atoms with Gasteiger partial charge in [-0.15, -0.1) is 0 Å². The van der Waals surface area contributed by atoms with Crippen molar-refractivity contribution in [3.8, 4) is 0 Å². The average Bonchev–Trinajstić information content (AvgIpc) is 3.04. The summed E-state index contributed by atoms with van der Waals surface area (Å²) >= 11 is 12.7. The van der Waals surface area contributed by atoms with Gasteiger partial charge in [-0.2, -0.15) is 5.10 Å². The second-order valence-corrected chi connectivity index (χ2v) is 7.30. The molecule has 1 aliphatic heterocycles. The van der Waals surface area contributed by atoms with Gasteiger partial charge < -0.3 is 4.90 Å². The van der Waals surface area contributed by atoms with E-state index in [1.54, 1.807) is 6.20 Å². The maximum absolute atomic E-state index is 6.67. The van der Waals surface area contributed by atoms with Crippen LogP contribution < -0.4 is 4.90 Å². The summed E-state index contributed by atoms with van der Waals surface area (Å²) in [5.41, 5.74) is 3.27. The van der Waals surface area contributed by atoms with E-state index >= 15 is 0 Å². The van der Waals surface area contributed by atoms with Crippen molar-refractivity contribution in [2.75, 3.05) is 11.4 Å². The fourth-order valence-electron chi connectivity index (χ4n) is 3.36. The SMILES string of the molecule is Cc1nn(CC(C)C)c(Cl)c1C1CCCN1c1ccnc(Cl)c1. The quantitative estimate of drug-likeness (QED) is 0.734. The van der Waals surface area contributed by atoms with Crippen LogP contribution in [0.1, 0.15) is 44.0 Å². The largest absolute Gasteiger partial charge is 0.364 e. The van der Waals surface area contributed by atoms with Gasteiger partial charge in [0.15, 0.2) is 0 Å². The Morgan fingerprint density at radius 2 is 2.13 bits per heavy atom. The number of halogens is 2. The summed E-state index contributed by atoms with van der Waals surface area (Å²) in [4.78, 5) is 6.44. The maximum atomic E-state index is 6.67. The van der Waals surface area contributed by atoms with Crippen molar-refractivity contribution in [3.05, 3.63) is 39.9 Å². The fraction of sp³-hybridized carbons (Fsp3) is 0.529. The maximum Gasteiger partial charge on any atom is 0.132 e. The molecule has 3 heterocycles. The lowest BCUT2D eigenvalue weighted by molar-refractivity contribution is 0.481. The molecule has 1 atom stereocenters. The van der Waals surface area contributed by atoms with Crippen LogP contribution in [0.4, 0.5) is 5.69 Å². The van der Waals surface area contributed by atoms with E-state index in [-0.39, 0.29) is 6.04 Å². The zero-order valence-electron chi connectivity index (χ0n) is 13.8. The van der Waals surface area contributed by atoms with E-state index in [0.717, 1.165) is 48.0 Å². The van der Waals surface area contributed by atoms with Gasteiger partial charge in [0.05, 0.1) is 11.7 Å². The van der Waals surface area contributed by atoms with Gasteiger partial charge in [-0.3, -0.25) is 4.68 Å². The first-order chi connectivity index (χ1) is 11.0. The van der Waals surface area contributed by atoms with Gasteiger partial charge in [-0.25, -0.2) is 4.98 Å². The van der Waals surface area contributed by atoms with Gasteiger partial charge in [0.2, 0.25) is 0 Å². The first-order valence-electron chi connectivity index (χ1n) is 8.08. The predicted molar refractivity (Wildman–Crippen MR) is 95.4 cm³/mol. The Hall–Kier alpha value is -1.26. The average molecular weight is 353 g/mol. The van der Waals surface area contributed by atoms with Crippen LogP contribution >= 0.6 is 23.2 Å². The molecule has 1 unspecified atom stereocenters. The van der Waals surface area contributed by atoms with Crippen molar-refractivity contribution in [2.24, 2.45) is 5.92 Å². The molecule has 2 aromatic heterocycles. The minimum Gasteiger partial charge on any atom is -0.364 e. The molecule has 23 heavy (non-hydrogen) atoms. The van der Waals surface area contributed by atoms with Crippen LogP contribution in [0.15, 0.2) is 18.3 Å². The van der Waals surface area contributed by atoms with E-state index < -0.39 is 0 Å². The standard InChI is InChI=1S/C17H22Cl2N4/c1-11(2)10-23-17(19)16(12(3)21-23)14-5-4-8-22(14)13-6-7-20-15(18)9-13/h6-7,9,11,14H,4-5,8,10H2,1-3H3. The highest BCUT2D eigenvalue weighted by atomic mass is 35.5. The van der Waals surface area contributed by atoms with Gasteiger partial charge in [0.25, 0.3) is 0 Å².